The summed E-state index contributed by atoms with van der Waals surface area (Å²) in [6.07, 6.45) is 1.78. The maximum absolute atomic E-state index is 12.8. The van der Waals surface area contributed by atoms with Gasteiger partial charge in [0, 0.05) is 11.4 Å². The largest absolute Gasteiger partial charge is 0.373 e. The van der Waals surface area contributed by atoms with Crippen LogP contribution in [0.4, 0.5) is 0 Å². The van der Waals surface area contributed by atoms with E-state index < -0.39 is 5.92 Å². The second kappa shape index (κ2) is 4.23. The molecule has 110 valence electrons. The molecular formula is C17H19NO3. The van der Waals surface area contributed by atoms with Crippen molar-refractivity contribution in [1.29, 1.82) is 0 Å². The lowest BCUT2D eigenvalue weighted by Gasteiger charge is -2.17. The van der Waals surface area contributed by atoms with Crippen LogP contribution < -0.4 is 0 Å². The van der Waals surface area contributed by atoms with Gasteiger partial charge in [0.15, 0.2) is 11.6 Å². The summed E-state index contributed by atoms with van der Waals surface area (Å²) in [5.41, 5.74) is 3.58. The number of Topliss-reactive ketones (excluding diaryl/α,β-unsaturated/α-hetero) is 2. The summed E-state index contributed by atoms with van der Waals surface area (Å²) in [4.78, 5) is 30.2. The Bertz CT molecular complexity index is 615. The van der Waals surface area contributed by atoms with E-state index >= 15 is 0 Å². The smallest absolute Gasteiger partial charge is 0.154 e. The fourth-order valence-electron chi connectivity index (χ4n) is 4.68. The lowest BCUT2D eigenvalue weighted by Crippen LogP contribution is -2.29. The van der Waals surface area contributed by atoms with E-state index in [4.69, 9.17) is 4.74 Å². The van der Waals surface area contributed by atoms with Gasteiger partial charge in [-0.1, -0.05) is 0 Å². The molecule has 21 heavy (non-hydrogen) atoms. The van der Waals surface area contributed by atoms with Crippen LogP contribution in [0.2, 0.25) is 0 Å². The number of aromatic nitrogens is 1. The van der Waals surface area contributed by atoms with Crippen molar-refractivity contribution in [1.82, 2.24) is 4.98 Å². The van der Waals surface area contributed by atoms with E-state index in [9.17, 15) is 9.59 Å². The van der Waals surface area contributed by atoms with Crippen LogP contribution in [0.25, 0.3) is 0 Å². The standard InChI is InChI=1S/C17H19NO3/c1-7-6-8(2)18-9(3)12(7)15-16(19)13-10-4-5-11(21-10)14(13)17(15)20/h6,10-11,13-15H,4-5H2,1-3H3/t10-,11+,13-,14+,15?. The van der Waals surface area contributed by atoms with Crippen LogP contribution in [-0.4, -0.2) is 28.8 Å². The molecule has 3 aliphatic rings. The van der Waals surface area contributed by atoms with Crippen LogP contribution in [-0.2, 0) is 14.3 Å². The third-order valence-corrected chi connectivity index (χ3v) is 5.37. The highest BCUT2D eigenvalue weighted by Crippen LogP contribution is 2.52. The zero-order valence-electron chi connectivity index (χ0n) is 12.6. The van der Waals surface area contributed by atoms with Crippen LogP contribution in [0.15, 0.2) is 6.07 Å². The molecule has 0 aromatic carbocycles. The average molecular weight is 285 g/mol. The second-order valence-electron chi connectivity index (χ2n) is 6.66. The highest BCUT2D eigenvalue weighted by atomic mass is 16.5. The average Bonchev–Trinajstić information content (AvgIpc) is 3.06. The Balaban J connectivity index is 1.81. The van der Waals surface area contributed by atoms with Gasteiger partial charge < -0.3 is 4.74 Å². The second-order valence-corrected chi connectivity index (χ2v) is 6.66. The SMILES string of the molecule is Cc1cc(C)c(C2C(=O)[C@@H]3[C@H](C2=O)[C@H]2CC[C@@H]3O2)c(C)n1. The van der Waals surface area contributed by atoms with E-state index in [0.29, 0.717) is 0 Å². The molecule has 3 heterocycles. The summed E-state index contributed by atoms with van der Waals surface area (Å²) in [5, 5.41) is 0. The Kier molecular flexibility index (Phi) is 2.65. The summed E-state index contributed by atoms with van der Waals surface area (Å²) in [6.45, 7) is 5.80. The van der Waals surface area contributed by atoms with Gasteiger partial charge in [0.25, 0.3) is 0 Å². The normalized spacial score (nSPS) is 37.4. The number of hydrogen-bond acceptors (Lipinski definition) is 4. The van der Waals surface area contributed by atoms with Gasteiger partial charge in [-0.25, -0.2) is 0 Å². The van der Waals surface area contributed by atoms with Crippen LogP contribution in [0.5, 0.6) is 0 Å². The summed E-state index contributed by atoms with van der Waals surface area (Å²) in [5.74, 6) is -0.897. The molecule has 0 spiro atoms. The Labute approximate surface area is 123 Å². The quantitative estimate of drug-likeness (QED) is 0.741. The first kappa shape index (κ1) is 13.1. The van der Waals surface area contributed by atoms with E-state index in [0.717, 1.165) is 35.4 Å². The summed E-state index contributed by atoms with van der Waals surface area (Å²) in [6, 6.07) is 1.96. The number of nitrogens with zero attached hydrogens (tertiary/aromatic N) is 1. The maximum atomic E-state index is 12.8. The number of ketones is 2. The van der Waals surface area contributed by atoms with Crippen molar-refractivity contribution in [3.05, 3.63) is 28.6 Å². The van der Waals surface area contributed by atoms with Crippen LogP contribution in [0, 0.1) is 32.6 Å². The third-order valence-electron chi connectivity index (χ3n) is 5.37. The minimum absolute atomic E-state index is 0.0273. The van der Waals surface area contributed by atoms with Gasteiger partial charge in [0.1, 0.15) is 5.92 Å². The lowest BCUT2D eigenvalue weighted by atomic mass is 9.81. The van der Waals surface area contributed by atoms with Crippen LogP contribution >= 0.6 is 0 Å². The predicted octanol–water partition coefficient (Wildman–Crippen LogP) is 2.04. The van der Waals surface area contributed by atoms with Crippen molar-refractivity contribution in [3.8, 4) is 0 Å². The number of hydrogen-bond donors (Lipinski definition) is 0. The van der Waals surface area contributed by atoms with E-state index in [2.05, 4.69) is 4.98 Å². The Morgan fingerprint density at radius 3 is 2.14 bits per heavy atom. The molecule has 5 atom stereocenters. The van der Waals surface area contributed by atoms with E-state index in [-0.39, 0.29) is 35.6 Å². The molecular weight excluding hydrogens is 266 g/mol. The van der Waals surface area contributed by atoms with Crippen molar-refractivity contribution >= 4 is 11.6 Å². The van der Waals surface area contributed by atoms with Gasteiger partial charge in [-0.15, -0.1) is 0 Å². The highest BCUT2D eigenvalue weighted by Gasteiger charge is 2.63. The van der Waals surface area contributed by atoms with Gasteiger partial charge in [-0.3, -0.25) is 14.6 Å². The summed E-state index contributed by atoms with van der Waals surface area (Å²) in [7, 11) is 0. The topological polar surface area (TPSA) is 56.3 Å². The van der Waals surface area contributed by atoms with Gasteiger partial charge in [0.05, 0.1) is 24.0 Å². The molecule has 4 heteroatoms. The Hall–Kier alpha value is -1.55. The number of rotatable bonds is 1. The molecule has 2 saturated heterocycles. The van der Waals surface area contributed by atoms with Crippen molar-refractivity contribution in [3.63, 3.8) is 0 Å². The van der Waals surface area contributed by atoms with Crippen molar-refractivity contribution in [2.24, 2.45) is 11.8 Å². The highest BCUT2D eigenvalue weighted by molar-refractivity contribution is 6.17. The first-order valence-electron chi connectivity index (χ1n) is 7.66. The number of aryl methyl sites for hydroxylation is 3. The number of fused-ring (bicyclic) bond motifs is 5. The molecule has 2 bridgehead atoms. The van der Waals surface area contributed by atoms with E-state index in [1.807, 2.05) is 26.8 Å². The first-order valence-corrected chi connectivity index (χ1v) is 7.66. The monoisotopic (exact) mass is 285 g/mol. The zero-order valence-corrected chi connectivity index (χ0v) is 12.6. The molecule has 2 aliphatic heterocycles. The fourth-order valence-corrected chi connectivity index (χ4v) is 4.68. The van der Waals surface area contributed by atoms with Crippen molar-refractivity contribution in [2.45, 2.75) is 51.7 Å². The molecule has 1 aromatic rings. The van der Waals surface area contributed by atoms with Crippen LogP contribution in [0.1, 0.15) is 41.3 Å². The van der Waals surface area contributed by atoms with Crippen molar-refractivity contribution in [2.75, 3.05) is 0 Å². The molecule has 1 saturated carbocycles. The molecule has 1 aromatic heterocycles. The molecule has 3 fully saturated rings. The maximum Gasteiger partial charge on any atom is 0.154 e. The number of carbonyl (C=O) groups excluding carboxylic acids is 2. The van der Waals surface area contributed by atoms with Gasteiger partial charge in [-0.05, 0) is 50.8 Å². The Morgan fingerprint density at radius 1 is 1.05 bits per heavy atom. The molecule has 0 amide bonds. The van der Waals surface area contributed by atoms with Gasteiger partial charge in [-0.2, -0.15) is 0 Å². The minimum atomic E-state index is -0.611. The third kappa shape index (κ3) is 1.62. The molecule has 0 N–H and O–H groups in total. The van der Waals surface area contributed by atoms with Crippen LogP contribution in [0.3, 0.4) is 0 Å². The molecule has 4 nitrogen and oxygen atoms in total. The summed E-state index contributed by atoms with van der Waals surface area (Å²) < 4.78 is 5.79. The molecule has 1 aliphatic carbocycles. The minimum Gasteiger partial charge on any atom is -0.373 e. The molecule has 0 radical (unpaired) electrons. The Morgan fingerprint density at radius 2 is 1.62 bits per heavy atom. The predicted molar refractivity (Wildman–Crippen MR) is 76.1 cm³/mol. The van der Waals surface area contributed by atoms with E-state index in [1.165, 1.54) is 0 Å². The van der Waals surface area contributed by atoms with E-state index in [1.54, 1.807) is 0 Å². The number of ether oxygens (including phenoxy) is 1. The number of pyridine rings is 1. The molecule has 1 unspecified atom stereocenters. The van der Waals surface area contributed by atoms with Crippen molar-refractivity contribution < 1.29 is 14.3 Å². The molecule has 4 rings (SSSR count). The van der Waals surface area contributed by atoms with Gasteiger partial charge >= 0.3 is 0 Å². The van der Waals surface area contributed by atoms with Gasteiger partial charge in [0.2, 0.25) is 0 Å². The summed E-state index contributed by atoms with van der Waals surface area (Å²) >= 11 is 0. The first-order chi connectivity index (χ1) is 9.99. The fraction of sp³-hybridized carbons (Fsp3) is 0.588. The lowest BCUT2D eigenvalue weighted by molar-refractivity contribution is -0.127. The number of carbonyl (C=O) groups is 2. The zero-order chi connectivity index (χ0) is 14.9.